The van der Waals surface area contributed by atoms with Gasteiger partial charge in [-0.1, -0.05) is 19.1 Å². The van der Waals surface area contributed by atoms with Gasteiger partial charge in [-0.3, -0.25) is 10.2 Å². The van der Waals surface area contributed by atoms with Crippen molar-refractivity contribution in [2.75, 3.05) is 11.9 Å². The van der Waals surface area contributed by atoms with Crippen LogP contribution in [0.15, 0.2) is 36.4 Å². The molecule has 2 aliphatic carbocycles. The first-order valence-corrected chi connectivity index (χ1v) is 13.1. The molecule has 2 aromatic rings. The predicted molar refractivity (Wildman–Crippen MR) is 139 cm³/mol. The molecule has 2 fully saturated rings. The van der Waals surface area contributed by atoms with Gasteiger partial charge in [0.15, 0.2) is 0 Å². The van der Waals surface area contributed by atoms with Crippen LogP contribution in [-0.4, -0.2) is 24.3 Å². The fraction of sp³-hybridized carbons (Fsp3) is 0.517. The van der Waals surface area contributed by atoms with Crippen LogP contribution in [-0.2, 0) is 19.3 Å². The largest absolute Gasteiger partial charge is 0.416 e. The lowest BCUT2D eigenvalue weighted by molar-refractivity contribution is -0.138. The highest BCUT2D eigenvalue weighted by atomic mass is 19.4. The van der Waals surface area contributed by atoms with E-state index in [1.807, 2.05) is 18.2 Å². The van der Waals surface area contributed by atoms with Crippen molar-refractivity contribution in [3.8, 4) is 0 Å². The summed E-state index contributed by atoms with van der Waals surface area (Å²) in [5.41, 5.74) is 1.33. The number of hydrogen-bond donors (Lipinski definition) is 3. The molecule has 1 amide bonds. The number of anilines is 1. The second kappa shape index (κ2) is 9.46. The number of fused-ring (bicyclic) bond motifs is 1. The Labute approximate surface area is 216 Å². The number of carbonyl (C=O) groups excluding carboxylic acids is 1. The van der Waals surface area contributed by atoms with Gasteiger partial charge in [0.1, 0.15) is 5.84 Å². The summed E-state index contributed by atoms with van der Waals surface area (Å²) in [4.78, 5) is 14.9. The molecule has 5 nitrogen and oxygen atoms in total. The molecule has 198 valence electrons. The number of rotatable bonds is 7. The molecule has 5 rings (SSSR count). The highest BCUT2D eigenvalue weighted by Crippen LogP contribution is 2.45. The first-order valence-electron chi connectivity index (χ1n) is 13.1. The van der Waals surface area contributed by atoms with E-state index in [1.165, 1.54) is 11.0 Å². The third-order valence-corrected chi connectivity index (χ3v) is 8.59. The predicted octanol–water partition coefficient (Wildman–Crippen LogP) is 6.22. The van der Waals surface area contributed by atoms with Crippen molar-refractivity contribution in [1.82, 2.24) is 10.6 Å². The van der Waals surface area contributed by atoms with Crippen LogP contribution >= 0.6 is 0 Å². The third-order valence-electron chi connectivity index (χ3n) is 8.59. The van der Waals surface area contributed by atoms with Gasteiger partial charge >= 0.3 is 6.18 Å². The van der Waals surface area contributed by atoms with Gasteiger partial charge in [0, 0.05) is 36.3 Å². The topological polar surface area (TPSA) is 68.2 Å². The van der Waals surface area contributed by atoms with Gasteiger partial charge in [-0.15, -0.1) is 0 Å². The Morgan fingerprint density at radius 3 is 2.54 bits per heavy atom. The van der Waals surface area contributed by atoms with Crippen molar-refractivity contribution >= 4 is 17.4 Å². The van der Waals surface area contributed by atoms with Crippen LogP contribution in [0, 0.1) is 17.2 Å². The molecular formula is C29H35F3N4O. The van der Waals surface area contributed by atoms with Crippen molar-refractivity contribution in [2.45, 2.75) is 76.7 Å². The molecule has 0 unspecified atom stereocenters. The smallest absolute Gasteiger partial charge is 0.377 e. The summed E-state index contributed by atoms with van der Waals surface area (Å²) in [6, 6.07) is 10.2. The van der Waals surface area contributed by atoms with Gasteiger partial charge in [-0.05, 0) is 91.8 Å². The zero-order chi connectivity index (χ0) is 26.5. The average molecular weight is 513 g/mol. The van der Waals surface area contributed by atoms with Crippen LogP contribution in [0.1, 0.15) is 84.5 Å². The number of amidine groups is 1. The number of amides is 1. The van der Waals surface area contributed by atoms with Crippen LogP contribution in [0.3, 0.4) is 0 Å². The second-order valence-corrected chi connectivity index (χ2v) is 11.4. The molecule has 2 saturated carbocycles. The number of halogens is 3. The van der Waals surface area contributed by atoms with Crippen LogP contribution in [0.25, 0.3) is 0 Å². The fourth-order valence-electron chi connectivity index (χ4n) is 6.18. The van der Waals surface area contributed by atoms with E-state index in [2.05, 4.69) is 24.5 Å². The van der Waals surface area contributed by atoms with E-state index in [4.69, 9.17) is 5.41 Å². The summed E-state index contributed by atoms with van der Waals surface area (Å²) in [6.07, 6.45) is 0.613. The van der Waals surface area contributed by atoms with E-state index >= 15 is 0 Å². The van der Waals surface area contributed by atoms with Crippen molar-refractivity contribution in [2.24, 2.45) is 11.8 Å². The lowest BCUT2D eigenvalue weighted by Crippen LogP contribution is -2.47. The van der Waals surface area contributed by atoms with E-state index in [0.717, 1.165) is 37.7 Å². The molecule has 3 aliphatic rings. The van der Waals surface area contributed by atoms with Gasteiger partial charge in [0.25, 0.3) is 5.91 Å². The lowest BCUT2D eigenvalue weighted by atomic mass is 9.67. The van der Waals surface area contributed by atoms with Crippen LogP contribution in [0.5, 0.6) is 0 Å². The van der Waals surface area contributed by atoms with E-state index in [9.17, 15) is 18.0 Å². The summed E-state index contributed by atoms with van der Waals surface area (Å²) >= 11 is 0. The number of alkyl halides is 3. The summed E-state index contributed by atoms with van der Waals surface area (Å²) in [7, 11) is 1.73. The summed E-state index contributed by atoms with van der Waals surface area (Å²) < 4.78 is 42.3. The highest BCUT2D eigenvalue weighted by Gasteiger charge is 2.41. The minimum absolute atomic E-state index is 0.0360. The molecule has 0 aromatic heterocycles. The molecule has 1 aliphatic heterocycles. The Bertz CT molecular complexity index is 1210. The third kappa shape index (κ3) is 4.88. The quantitative estimate of drug-likeness (QED) is 0.305. The van der Waals surface area contributed by atoms with Crippen molar-refractivity contribution in [3.05, 3.63) is 64.2 Å². The molecule has 0 bridgehead atoms. The average Bonchev–Trinajstić information content (AvgIpc) is 3.15. The van der Waals surface area contributed by atoms with Crippen LogP contribution < -0.4 is 15.5 Å². The number of benzene rings is 2. The van der Waals surface area contributed by atoms with Crippen LogP contribution in [0.4, 0.5) is 18.9 Å². The molecule has 0 spiro atoms. The highest BCUT2D eigenvalue weighted by molar-refractivity contribution is 6.10. The fourth-order valence-corrected chi connectivity index (χ4v) is 6.18. The normalized spacial score (nSPS) is 23.2. The van der Waals surface area contributed by atoms with Crippen molar-refractivity contribution in [1.29, 1.82) is 5.41 Å². The Morgan fingerprint density at radius 2 is 1.95 bits per heavy atom. The number of nitrogens with one attached hydrogen (secondary N) is 3. The van der Waals surface area contributed by atoms with Gasteiger partial charge < -0.3 is 15.5 Å². The summed E-state index contributed by atoms with van der Waals surface area (Å²) in [5.74, 6) is 0.832. The number of likely N-dealkylation sites (N-methyl/N-ethyl adjacent to an activating group) is 1. The number of nitrogens with zero attached hydrogens (tertiary/aromatic N) is 1. The van der Waals surface area contributed by atoms with E-state index < -0.39 is 17.6 Å². The minimum atomic E-state index is -4.55. The van der Waals surface area contributed by atoms with Gasteiger partial charge in [0.05, 0.1) is 12.1 Å². The standard InChI is InChI=1S/C29H35F3N4O/c1-17-10-20(11-17)25(26(33)34-3)19-6-4-7-21(14-19)36-16-23-22(27(36)37)12-18(13-24(23)29(30,31)32)15-35-28(2)8-5-9-28/h4,6-7,12-14,17,20,25,35H,5,8-11,15-16H2,1-3H3,(H2,33,34)/t17-,20-,25-/m0/s1. The summed E-state index contributed by atoms with van der Waals surface area (Å²) in [5, 5.41) is 14.8. The van der Waals surface area contributed by atoms with Crippen molar-refractivity contribution in [3.63, 3.8) is 0 Å². The molecule has 0 radical (unpaired) electrons. The maximum absolute atomic E-state index is 14.1. The van der Waals surface area contributed by atoms with Crippen LogP contribution in [0.2, 0.25) is 0 Å². The maximum atomic E-state index is 14.1. The Balaban J connectivity index is 1.45. The molecule has 2 aromatic carbocycles. The maximum Gasteiger partial charge on any atom is 0.416 e. The Morgan fingerprint density at radius 1 is 1.22 bits per heavy atom. The first-order chi connectivity index (χ1) is 17.5. The Kier molecular flexibility index (Phi) is 6.59. The van der Waals surface area contributed by atoms with Gasteiger partial charge in [-0.25, -0.2) is 0 Å². The minimum Gasteiger partial charge on any atom is -0.377 e. The van der Waals surface area contributed by atoms with E-state index in [-0.39, 0.29) is 29.1 Å². The SMILES string of the molecule is CNC(=N)[C@@H](c1cccc(N2Cc3c(cc(CNC4(C)CCC4)cc3C(F)(F)F)C2=O)c1)[C@H]1C[C@H](C)C1. The number of hydrogen-bond acceptors (Lipinski definition) is 3. The molecule has 37 heavy (non-hydrogen) atoms. The van der Waals surface area contributed by atoms with Crippen molar-refractivity contribution < 1.29 is 18.0 Å². The monoisotopic (exact) mass is 512 g/mol. The molecular weight excluding hydrogens is 477 g/mol. The summed E-state index contributed by atoms with van der Waals surface area (Å²) in [6.45, 7) is 4.46. The van der Waals surface area contributed by atoms with E-state index in [1.54, 1.807) is 19.2 Å². The molecule has 3 N–H and O–H groups in total. The Hall–Kier alpha value is -2.87. The van der Waals surface area contributed by atoms with Gasteiger partial charge in [0.2, 0.25) is 0 Å². The second-order valence-electron chi connectivity index (χ2n) is 11.4. The zero-order valence-electron chi connectivity index (χ0n) is 21.6. The zero-order valence-corrected chi connectivity index (χ0v) is 21.6. The molecule has 1 heterocycles. The molecule has 0 saturated heterocycles. The van der Waals surface area contributed by atoms with Gasteiger partial charge in [-0.2, -0.15) is 13.2 Å². The molecule has 8 heteroatoms. The first kappa shape index (κ1) is 25.8. The number of carbonyl (C=O) groups is 1. The molecule has 1 atom stereocenters. The lowest BCUT2D eigenvalue weighted by Gasteiger charge is -2.39. The van der Waals surface area contributed by atoms with E-state index in [0.29, 0.717) is 35.5 Å².